The summed E-state index contributed by atoms with van der Waals surface area (Å²) in [6, 6.07) is 12.3. The van der Waals surface area contributed by atoms with Crippen LogP contribution in [0.2, 0.25) is 10.0 Å². The highest BCUT2D eigenvalue weighted by Gasteiger charge is 2.33. The number of methoxy groups -OCH3 is 1. The van der Waals surface area contributed by atoms with Crippen LogP contribution in [0.1, 0.15) is 10.4 Å². The van der Waals surface area contributed by atoms with Crippen molar-refractivity contribution in [2.24, 2.45) is 0 Å². The molecule has 0 spiro atoms. The monoisotopic (exact) mass is 351 g/mol. The number of carbonyl (C=O) groups excluding carboxylic acids is 1. The minimum atomic E-state index is -0.0801. The van der Waals surface area contributed by atoms with Gasteiger partial charge in [-0.3, -0.25) is 4.79 Å². The fourth-order valence-corrected chi connectivity index (χ4v) is 2.68. The Morgan fingerprint density at radius 1 is 1.09 bits per heavy atom. The number of nitrogens with zero attached hydrogens (tertiary/aromatic N) is 1. The SMILES string of the molecule is COc1ccccc1OC1CN(C(=O)c2ccc(Cl)c(Cl)c2)C1. The van der Waals surface area contributed by atoms with Gasteiger partial charge in [0.2, 0.25) is 0 Å². The molecular weight excluding hydrogens is 337 g/mol. The van der Waals surface area contributed by atoms with Crippen LogP contribution < -0.4 is 9.47 Å². The van der Waals surface area contributed by atoms with Crippen molar-refractivity contribution in [2.75, 3.05) is 20.2 Å². The summed E-state index contributed by atoms with van der Waals surface area (Å²) in [7, 11) is 1.60. The smallest absolute Gasteiger partial charge is 0.254 e. The lowest BCUT2D eigenvalue weighted by Gasteiger charge is -2.39. The predicted molar refractivity (Wildman–Crippen MR) is 89.8 cm³/mol. The second kappa shape index (κ2) is 6.69. The van der Waals surface area contributed by atoms with Crippen molar-refractivity contribution in [3.8, 4) is 11.5 Å². The molecule has 1 fully saturated rings. The highest BCUT2D eigenvalue weighted by Crippen LogP contribution is 2.29. The van der Waals surface area contributed by atoms with Crippen LogP contribution in [0.15, 0.2) is 42.5 Å². The zero-order valence-corrected chi connectivity index (χ0v) is 14.0. The van der Waals surface area contributed by atoms with Gasteiger partial charge in [0.25, 0.3) is 5.91 Å². The van der Waals surface area contributed by atoms with Gasteiger partial charge in [0.05, 0.1) is 30.2 Å². The van der Waals surface area contributed by atoms with Gasteiger partial charge < -0.3 is 14.4 Å². The number of hydrogen-bond donors (Lipinski definition) is 0. The second-order valence-corrected chi connectivity index (χ2v) is 6.04. The van der Waals surface area contributed by atoms with Crippen LogP contribution >= 0.6 is 23.2 Å². The van der Waals surface area contributed by atoms with Gasteiger partial charge in [0.15, 0.2) is 11.5 Å². The van der Waals surface area contributed by atoms with E-state index in [1.807, 2.05) is 24.3 Å². The molecule has 0 atom stereocenters. The number of carbonyl (C=O) groups is 1. The van der Waals surface area contributed by atoms with Crippen LogP contribution in [-0.4, -0.2) is 37.1 Å². The lowest BCUT2D eigenvalue weighted by molar-refractivity contribution is 0.0169. The second-order valence-electron chi connectivity index (χ2n) is 5.23. The number of para-hydroxylation sites is 2. The van der Waals surface area contributed by atoms with Crippen molar-refractivity contribution >= 4 is 29.1 Å². The average molecular weight is 352 g/mol. The number of benzene rings is 2. The van der Waals surface area contributed by atoms with Crippen LogP contribution in [0, 0.1) is 0 Å². The molecule has 120 valence electrons. The first-order valence-electron chi connectivity index (χ1n) is 7.12. The molecule has 1 saturated heterocycles. The first-order chi connectivity index (χ1) is 11.1. The molecule has 0 N–H and O–H groups in total. The summed E-state index contributed by atoms with van der Waals surface area (Å²) in [5.41, 5.74) is 0.523. The molecule has 4 nitrogen and oxygen atoms in total. The van der Waals surface area contributed by atoms with Crippen molar-refractivity contribution in [3.63, 3.8) is 0 Å². The molecule has 0 radical (unpaired) electrons. The van der Waals surface area contributed by atoms with E-state index >= 15 is 0 Å². The maximum absolute atomic E-state index is 12.4. The maximum Gasteiger partial charge on any atom is 0.254 e. The van der Waals surface area contributed by atoms with Crippen LogP contribution in [0.5, 0.6) is 11.5 Å². The molecule has 0 aromatic heterocycles. The molecule has 1 aliphatic rings. The van der Waals surface area contributed by atoms with E-state index in [9.17, 15) is 4.79 Å². The Balaban J connectivity index is 1.60. The molecule has 0 unspecified atom stereocenters. The normalized spacial score (nSPS) is 14.3. The summed E-state index contributed by atoms with van der Waals surface area (Å²) in [6.07, 6.45) is -0.0435. The van der Waals surface area contributed by atoms with Gasteiger partial charge in [0.1, 0.15) is 6.10 Å². The maximum atomic E-state index is 12.4. The molecule has 2 aromatic carbocycles. The van der Waals surface area contributed by atoms with E-state index in [1.165, 1.54) is 0 Å². The lowest BCUT2D eigenvalue weighted by atomic mass is 10.1. The average Bonchev–Trinajstić information content (AvgIpc) is 2.53. The van der Waals surface area contributed by atoms with Crippen molar-refractivity contribution in [3.05, 3.63) is 58.1 Å². The van der Waals surface area contributed by atoms with E-state index < -0.39 is 0 Å². The van der Waals surface area contributed by atoms with E-state index in [0.717, 1.165) is 0 Å². The summed E-state index contributed by atoms with van der Waals surface area (Å²) < 4.78 is 11.1. The van der Waals surface area contributed by atoms with Crippen LogP contribution in [-0.2, 0) is 0 Å². The van der Waals surface area contributed by atoms with E-state index in [2.05, 4.69) is 0 Å². The molecule has 1 heterocycles. The fourth-order valence-electron chi connectivity index (χ4n) is 2.39. The van der Waals surface area contributed by atoms with Crippen molar-refractivity contribution in [1.29, 1.82) is 0 Å². The fraction of sp³-hybridized carbons (Fsp3) is 0.235. The summed E-state index contributed by atoms with van der Waals surface area (Å²) in [6.45, 7) is 1.05. The molecule has 23 heavy (non-hydrogen) atoms. The summed E-state index contributed by atoms with van der Waals surface area (Å²) in [4.78, 5) is 14.1. The van der Waals surface area contributed by atoms with Crippen molar-refractivity contribution in [2.45, 2.75) is 6.10 Å². The van der Waals surface area contributed by atoms with Gasteiger partial charge >= 0.3 is 0 Å². The quantitative estimate of drug-likeness (QED) is 0.838. The Hall–Kier alpha value is -1.91. The van der Waals surface area contributed by atoms with E-state index in [1.54, 1.807) is 30.2 Å². The van der Waals surface area contributed by atoms with Gasteiger partial charge in [-0.25, -0.2) is 0 Å². The predicted octanol–water partition coefficient (Wildman–Crippen LogP) is 3.91. The Labute approximate surface area is 144 Å². The molecule has 0 bridgehead atoms. The van der Waals surface area contributed by atoms with Crippen molar-refractivity contribution in [1.82, 2.24) is 4.90 Å². The largest absolute Gasteiger partial charge is 0.493 e. The highest BCUT2D eigenvalue weighted by atomic mass is 35.5. The topological polar surface area (TPSA) is 38.8 Å². The van der Waals surface area contributed by atoms with Crippen LogP contribution in [0.3, 0.4) is 0 Å². The summed E-state index contributed by atoms with van der Waals surface area (Å²) in [5.74, 6) is 1.28. The number of halogens is 2. The van der Waals surface area contributed by atoms with Gasteiger partial charge in [-0.1, -0.05) is 35.3 Å². The zero-order valence-electron chi connectivity index (χ0n) is 12.5. The molecular formula is C17H15Cl2NO3. The Bertz CT molecular complexity index is 730. The number of ether oxygens (including phenoxy) is 2. The summed E-state index contributed by atoms with van der Waals surface area (Å²) in [5, 5.41) is 0.809. The molecule has 2 aromatic rings. The third kappa shape index (κ3) is 3.38. The number of rotatable bonds is 4. The molecule has 6 heteroatoms. The first-order valence-corrected chi connectivity index (χ1v) is 7.88. The highest BCUT2D eigenvalue weighted by molar-refractivity contribution is 6.42. The van der Waals surface area contributed by atoms with Gasteiger partial charge in [-0.15, -0.1) is 0 Å². The minimum Gasteiger partial charge on any atom is -0.493 e. The van der Waals surface area contributed by atoms with E-state index in [-0.39, 0.29) is 12.0 Å². The van der Waals surface area contributed by atoms with Crippen LogP contribution in [0.4, 0.5) is 0 Å². The van der Waals surface area contributed by atoms with Crippen LogP contribution in [0.25, 0.3) is 0 Å². The molecule has 3 rings (SSSR count). The van der Waals surface area contributed by atoms with Gasteiger partial charge in [0, 0.05) is 5.56 Å². The zero-order chi connectivity index (χ0) is 16.4. The van der Waals surface area contributed by atoms with Gasteiger partial charge in [-0.2, -0.15) is 0 Å². The van der Waals surface area contributed by atoms with Crippen molar-refractivity contribution < 1.29 is 14.3 Å². The molecule has 1 aliphatic heterocycles. The van der Waals surface area contributed by atoms with E-state index in [0.29, 0.717) is 40.2 Å². The Kier molecular flexibility index (Phi) is 4.64. The Morgan fingerprint density at radius 2 is 1.78 bits per heavy atom. The number of likely N-dealkylation sites (tertiary alicyclic amines) is 1. The number of hydrogen-bond acceptors (Lipinski definition) is 3. The standard InChI is InChI=1S/C17H15Cl2NO3/c1-22-15-4-2-3-5-16(15)23-12-9-20(10-12)17(21)11-6-7-13(18)14(19)8-11/h2-8,12H,9-10H2,1H3. The van der Waals surface area contributed by atoms with Gasteiger partial charge in [-0.05, 0) is 30.3 Å². The molecule has 1 amide bonds. The molecule has 0 aliphatic carbocycles. The first kappa shape index (κ1) is 16.0. The third-order valence-electron chi connectivity index (χ3n) is 3.66. The summed E-state index contributed by atoms with van der Waals surface area (Å²) >= 11 is 11.8. The minimum absolute atomic E-state index is 0.0435. The molecule has 0 saturated carbocycles. The Morgan fingerprint density at radius 3 is 2.43 bits per heavy atom. The lowest BCUT2D eigenvalue weighted by Crippen LogP contribution is -2.56. The van der Waals surface area contributed by atoms with E-state index in [4.69, 9.17) is 32.7 Å². The third-order valence-corrected chi connectivity index (χ3v) is 4.40. The number of amides is 1.